The van der Waals surface area contributed by atoms with Crippen molar-refractivity contribution in [2.75, 3.05) is 0 Å². The van der Waals surface area contributed by atoms with Gasteiger partial charge in [0.25, 0.3) is 0 Å². The number of carboxylic acids is 1. The van der Waals surface area contributed by atoms with Gasteiger partial charge >= 0.3 is 5.97 Å². The van der Waals surface area contributed by atoms with E-state index in [1.54, 1.807) is 0 Å². The van der Waals surface area contributed by atoms with Crippen molar-refractivity contribution in [1.29, 1.82) is 0 Å². The number of carboxylic acid groups (broad SMARTS) is 1. The maximum absolute atomic E-state index is 10.6. The Labute approximate surface area is 72.3 Å². The number of rotatable bonds is 2. The van der Waals surface area contributed by atoms with Gasteiger partial charge in [-0.2, -0.15) is 0 Å². The molecule has 0 amide bonds. The lowest BCUT2D eigenvalue weighted by Gasteiger charge is -2.22. The van der Waals surface area contributed by atoms with Crippen LogP contribution in [0.3, 0.4) is 0 Å². The maximum atomic E-state index is 10.6. The van der Waals surface area contributed by atoms with Gasteiger partial charge in [0.1, 0.15) is 0 Å². The zero-order valence-corrected chi connectivity index (χ0v) is 7.29. The highest BCUT2D eigenvalue weighted by molar-refractivity contribution is 5.68. The largest absolute Gasteiger partial charge is 0.481 e. The van der Waals surface area contributed by atoms with Crippen LogP contribution in [0.2, 0.25) is 0 Å². The molecule has 0 aromatic carbocycles. The third kappa shape index (κ3) is 1.06. The first-order chi connectivity index (χ1) is 5.61. The number of carbonyl (C=O) groups is 1. The Hall–Kier alpha value is -0.790. The molecule has 0 heterocycles. The number of hydrogen-bond acceptors (Lipinski definition) is 1. The Bertz CT molecular complexity index is 244. The first-order valence-electron chi connectivity index (χ1n) is 4.52. The molecule has 1 saturated carbocycles. The quantitative estimate of drug-likeness (QED) is 0.637. The van der Waals surface area contributed by atoms with E-state index in [1.807, 2.05) is 0 Å². The molecule has 0 aromatic rings. The van der Waals surface area contributed by atoms with E-state index >= 15 is 0 Å². The molecule has 66 valence electrons. The Balaban J connectivity index is 2.14. The average Bonchev–Trinajstić information content (AvgIpc) is 2.41. The van der Waals surface area contributed by atoms with Crippen LogP contribution in [0, 0.1) is 17.3 Å². The molecular weight excluding hydrogens is 152 g/mol. The molecule has 12 heavy (non-hydrogen) atoms. The first kappa shape index (κ1) is 7.84. The van der Waals surface area contributed by atoms with E-state index in [0.29, 0.717) is 18.3 Å². The molecule has 1 N–H and O–H groups in total. The molecule has 1 fully saturated rings. The summed E-state index contributed by atoms with van der Waals surface area (Å²) in [5, 5.41) is 8.74. The van der Waals surface area contributed by atoms with Crippen LogP contribution >= 0.6 is 0 Å². The zero-order valence-electron chi connectivity index (χ0n) is 7.29. The predicted molar refractivity (Wildman–Crippen MR) is 45.7 cm³/mol. The van der Waals surface area contributed by atoms with Gasteiger partial charge in [0.05, 0.1) is 6.42 Å². The molecule has 0 aliphatic heterocycles. The van der Waals surface area contributed by atoms with Crippen LogP contribution < -0.4 is 0 Å². The molecule has 0 spiro atoms. The third-order valence-corrected chi connectivity index (χ3v) is 3.30. The second kappa shape index (κ2) is 2.35. The topological polar surface area (TPSA) is 37.3 Å². The molecular formula is C10H14O2. The van der Waals surface area contributed by atoms with Crippen LogP contribution in [0.4, 0.5) is 0 Å². The van der Waals surface area contributed by atoms with Crippen LogP contribution in [0.25, 0.3) is 0 Å². The van der Waals surface area contributed by atoms with Crippen molar-refractivity contribution in [2.24, 2.45) is 17.3 Å². The van der Waals surface area contributed by atoms with Crippen LogP contribution in [0.5, 0.6) is 0 Å². The van der Waals surface area contributed by atoms with Crippen molar-refractivity contribution in [3.8, 4) is 0 Å². The molecule has 2 heteroatoms. The molecule has 3 atom stereocenters. The molecule has 2 bridgehead atoms. The monoisotopic (exact) mass is 166 g/mol. The highest BCUT2D eigenvalue weighted by Gasteiger charge is 2.45. The Morgan fingerprint density at radius 1 is 1.67 bits per heavy atom. The van der Waals surface area contributed by atoms with Crippen LogP contribution in [0.15, 0.2) is 12.2 Å². The summed E-state index contributed by atoms with van der Waals surface area (Å²) in [5.74, 6) is 0.688. The summed E-state index contributed by atoms with van der Waals surface area (Å²) >= 11 is 0. The van der Waals surface area contributed by atoms with Crippen molar-refractivity contribution in [2.45, 2.75) is 26.2 Å². The van der Waals surface area contributed by atoms with Crippen LogP contribution in [0.1, 0.15) is 26.2 Å². The smallest absolute Gasteiger partial charge is 0.304 e. The van der Waals surface area contributed by atoms with Gasteiger partial charge in [0.15, 0.2) is 0 Å². The van der Waals surface area contributed by atoms with Crippen LogP contribution in [-0.4, -0.2) is 11.1 Å². The van der Waals surface area contributed by atoms with Gasteiger partial charge in [-0.1, -0.05) is 19.1 Å². The van der Waals surface area contributed by atoms with Gasteiger partial charge in [-0.05, 0) is 30.1 Å². The van der Waals surface area contributed by atoms with E-state index in [-0.39, 0.29) is 5.41 Å². The predicted octanol–water partition coefficient (Wildman–Crippen LogP) is 2.06. The van der Waals surface area contributed by atoms with Gasteiger partial charge < -0.3 is 5.11 Å². The lowest BCUT2D eigenvalue weighted by Crippen LogP contribution is -2.18. The number of hydrogen-bond donors (Lipinski definition) is 1. The van der Waals surface area contributed by atoms with Gasteiger partial charge in [0, 0.05) is 0 Å². The SMILES string of the molecule is CC1CC2(CC(=O)O)C=CC1C2. The standard InChI is InChI=1S/C10H14O2/c1-7-4-10(6-9(11)12)3-2-8(7)5-10/h2-3,7-8H,4-6H2,1H3,(H,11,12). The number of fused-ring (bicyclic) bond motifs is 2. The molecule has 2 aliphatic rings. The van der Waals surface area contributed by atoms with Crippen molar-refractivity contribution in [3.05, 3.63) is 12.2 Å². The van der Waals surface area contributed by atoms with Crippen molar-refractivity contribution in [3.63, 3.8) is 0 Å². The molecule has 2 nitrogen and oxygen atoms in total. The van der Waals surface area contributed by atoms with Crippen molar-refractivity contribution in [1.82, 2.24) is 0 Å². The van der Waals surface area contributed by atoms with Gasteiger partial charge in [0.2, 0.25) is 0 Å². The molecule has 3 unspecified atom stereocenters. The fourth-order valence-corrected chi connectivity index (χ4v) is 2.77. The number of aliphatic carboxylic acids is 1. The summed E-state index contributed by atoms with van der Waals surface area (Å²) in [6.07, 6.45) is 6.80. The third-order valence-electron chi connectivity index (χ3n) is 3.30. The normalized spacial score (nSPS) is 43.8. The van der Waals surface area contributed by atoms with E-state index in [0.717, 1.165) is 12.8 Å². The lowest BCUT2D eigenvalue weighted by molar-refractivity contribution is -0.139. The Morgan fingerprint density at radius 3 is 2.83 bits per heavy atom. The summed E-state index contributed by atoms with van der Waals surface area (Å²) in [4.78, 5) is 10.6. The molecule has 0 aromatic heterocycles. The van der Waals surface area contributed by atoms with E-state index in [2.05, 4.69) is 19.1 Å². The summed E-state index contributed by atoms with van der Waals surface area (Å²) in [6, 6.07) is 0. The minimum absolute atomic E-state index is 0.0237. The fourth-order valence-electron chi connectivity index (χ4n) is 2.77. The number of allylic oxidation sites excluding steroid dienone is 2. The molecule has 2 rings (SSSR count). The molecule has 0 saturated heterocycles. The fraction of sp³-hybridized carbons (Fsp3) is 0.700. The summed E-state index contributed by atoms with van der Waals surface area (Å²) < 4.78 is 0. The molecule has 2 aliphatic carbocycles. The highest BCUT2D eigenvalue weighted by atomic mass is 16.4. The van der Waals surface area contributed by atoms with Crippen molar-refractivity contribution < 1.29 is 9.90 Å². The summed E-state index contributed by atoms with van der Waals surface area (Å²) in [5.41, 5.74) is 0.0237. The van der Waals surface area contributed by atoms with E-state index in [1.165, 1.54) is 0 Å². The average molecular weight is 166 g/mol. The van der Waals surface area contributed by atoms with E-state index in [9.17, 15) is 4.79 Å². The molecule has 0 radical (unpaired) electrons. The van der Waals surface area contributed by atoms with Gasteiger partial charge in [-0.15, -0.1) is 0 Å². The second-order valence-corrected chi connectivity index (χ2v) is 4.34. The van der Waals surface area contributed by atoms with E-state index in [4.69, 9.17) is 5.11 Å². The summed E-state index contributed by atoms with van der Waals surface area (Å²) in [7, 11) is 0. The zero-order chi connectivity index (χ0) is 8.77. The summed E-state index contributed by atoms with van der Waals surface area (Å²) in [6.45, 7) is 2.22. The van der Waals surface area contributed by atoms with E-state index < -0.39 is 5.97 Å². The lowest BCUT2D eigenvalue weighted by atomic mass is 9.82. The maximum Gasteiger partial charge on any atom is 0.304 e. The Kier molecular flexibility index (Phi) is 1.53. The van der Waals surface area contributed by atoms with Gasteiger partial charge in [-0.3, -0.25) is 4.79 Å². The van der Waals surface area contributed by atoms with Crippen LogP contribution in [-0.2, 0) is 4.79 Å². The van der Waals surface area contributed by atoms with Crippen molar-refractivity contribution >= 4 is 5.97 Å². The van der Waals surface area contributed by atoms with Gasteiger partial charge in [-0.25, -0.2) is 0 Å². The Morgan fingerprint density at radius 2 is 2.42 bits per heavy atom. The second-order valence-electron chi connectivity index (χ2n) is 4.34. The highest BCUT2D eigenvalue weighted by Crippen LogP contribution is 2.54. The minimum Gasteiger partial charge on any atom is -0.481 e. The minimum atomic E-state index is -0.658. The first-order valence-corrected chi connectivity index (χ1v) is 4.52.